The number of amides is 1. The lowest BCUT2D eigenvalue weighted by atomic mass is 10.1. The molecule has 8 nitrogen and oxygen atoms in total. The Morgan fingerprint density at radius 3 is 2.63 bits per heavy atom. The molecule has 1 amide bonds. The first-order valence-corrected chi connectivity index (χ1v) is 10.1. The number of halogens is 1. The second-order valence-electron chi connectivity index (χ2n) is 6.07. The third kappa shape index (κ3) is 3.99. The quantitative estimate of drug-likeness (QED) is 0.473. The minimum Gasteiger partial charge on any atom is -0.755 e. The second-order valence-corrected chi connectivity index (χ2v) is 7.31. The number of hydrogen-bond acceptors (Lipinski definition) is 6. The average molecular weight is 439 g/mol. The van der Waals surface area contributed by atoms with Gasteiger partial charge in [-0.3, -0.25) is 23.3 Å². The molecule has 0 aliphatic heterocycles. The smallest absolute Gasteiger partial charge is 0.259 e. The highest BCUT2D eigenvalue weighted by Crippen LogP contribution is 2.36. The summed E-state index contributed by atoms with van der Waals surface area (Å²) in [7, 11) is 0. The predicted molar refractivity (Wildman–Crippen MR) is 114 cm³/mol. The summed E-state index contributed by atoms with van der Waals surface area (Å²) in [5.41, 5.74) is 0.916. The molecule has 0 aliphatic carbocycles. The van der Waals surface area contributed by atoms with Crippen LogP contribution < -0.4 is 9.62 Å². The Labute approximate surface area is 179 Å². The van der Waals surface area contributed by atoms with E-state index in [0.717, 1.165) is 9.69 Å². The highest BCUT2D eigenvalue weighted by Gasteiger charge is 2.22. The Balaban J connectivity index is 1.85. The van der Waals surface area contributed by atoms with Crippen molar-refractivity contribution in [3.63, 3.8) is 0 Å². The molecule has 1 atom stereocenters. The van der Waals surface area contributed by atoms with Gasteiger partial charge in [0.25, 0.3) is 5.91 Å². The highest BCUT2D eigenvalue weighted by atomic mass is 35.5. The summed E-state index contributed by atoms with van der Waals surface area (Å²) < 4.78 is 25.6. The molecule has 0 fully saturated rings. The van der Waals surface area contributed by atoms with Gasteiger partial charge in [-0.05, 0) is 30.3 Å². The van der Waals surface area contributed by atoms with Crippen LogP contribution in [0.4, 0.5) is 17.2 Å². The molecule has 2 aromatic carbocycles. The van der Waals surface area contributed by atoms with Gasteiger partial charge in [0.2, 0.25) is 0 Å². The molecule has 10 heteroatoms. The standard InChI is InChI=1S/C20H14ClN5O3S/c21-14-6-7-15(20(27)25-18-12-22-9-10-23-18)17(11-14)26(30(28)29)16-5-1-3-13-4-2-8-24-19(13)16/h1-12H,(H,28,29)(H,23,25,27)/p-1. The third-order valence-electron chi connectivity index (χ3n) is 4.21. The molecule has 0 saturated heterocycles. The number of pyridine rings is 1. The number of para-hydroxylation sites is 1. The average Bonchev–Trinajstić information content (AvgIpc) is 2.74. The number of benzene rings is 2. The van der Waals surface area contributed by atoms with Crippen LogP contribution in [0.25, 0.3) is 10.9 Å². The van der Waals surface area contributed by atoms with E-state index in [9.17, 15) is 13.6 Å². The largest absolute Gasteiger partial charge is 0.755 e. The third-order valence-corrected chi connectivity index (χ3v) is 5.13. The van der Waals surface area contributed by atoms with E-state index < -0.39 is 17.2 Å². The number of anilines is 3. The molecular weight excluding hydrogens is 426 g/mol. The molecule has 150 valence electrons. The van der Waals surface area contributed by atoms with Crippen LogP contribution in [0, 0.1) is 0 Å². The topological polar surface area (TPSA) is 111 Å². The van der Waals surface area contributed by atoms with E-state index in [0.29, 0.717) is 5.52 Å². The van der Waals surface area contributed by atoms with Crippen molar-refractivity contribution < 1.29 is 13.6 Å². The molecule has 0 spiro atoms. The van der Waals surface area contributed by atoms with Gasteiger partial charge in [-0.25, -0.2) is 4.98 Å². The van der Waals surface area contributed by atoms with Gasteiger partial charge in [0.15, 0.2) is 5.82 Å². The summed E-state index contributed by atoms with van der Waals surface area (Å²) in [6, 6.07) is 13.1. The van der Waals surface area contributed by atoms with Crippen LogP contribution in [0.2, 0.25) is 5.02 Å². The number of nitrogens with one attached hydrogen (secondary N) is 1. The van der Waals surface area contributed by atoms with Crippen molar-refractivity contribution in [2.75, 3.05) is 9.62 Å². The lowest BCUT2D eigenvalue weighted by Gasteiger charge is -2.29. The van der Waals surface area contributed by atoms with Crippen molar-refractivity contribution in [1.29, 1.82) is 0 Å². The molecule has 0 bridgehead atoms. The van der Waals surface area contributed by atoms with E-state index in [2.05, 4.69) is 20.3 Å². The van der Waals surface area contributed by atoms with Crippen LogP contribution in [-0.4, -0.2) is 29.6 Å². The normalized spacial score (nSPS) is 11.8. The van der Waals surface area contributed by atoms with Crippen LogP contribution in [0.1, 0.15) is 10.4 Å². The molecule has 2 heterocycles. The van der Waals surface area contributed by atoms with Crippen LogP contribution in [0.5, 0.6) is 0 Å². The SMILES string of the molecule is O=C(Nc1cnccn1)c1ccc(Cl)cc1N(c1cccc2cccnc12)S(=O)[O-]. The lowest BCUT2D eigenvalue weighted by Crippen LogP contribution is -2.24. The van der Waals surface area contributed by atoms with Crippen LogP contribution in [0.15, 0.2) is 73.3 Å². The zero-order chi connectivity index (χ0) is 21.1. The van der Waals surface area contributed by atoms with Gasteiger partial charge in [0.05, 0.1) is 39.9 Å². The van der Waals surface area contributed by atoms with Gasteiger partial charge < -0.3 is 9.87 Å². The number of hydrogen-bond donors (Lipinski definition) is 1. The van der Waals surface area contributed by atoms with E-state index in [-0.39, 0.29) is 27.8 Å². The zero-order valence-corrected chi connectivity index (χ0v) is 16.8. The van der Waals surface area contributed by atoms with Crippen molar-refractivity contribution in [1.82, 2.24) is 15.0 Å². The van der Waals surface area contributed by atoms with Gasteiger partial charge in [-0.1, -0.05) is 29.8 Å². The Morgan fingerprint density at radius 2 is 1.87 bits per heavy atom. The summed E-state index contributed by atoms with van der Waals surface area (Å²) in [4.78, 5) is 25.1. The maximum absolute atomic E-state index is 12.9. The molecule has 1 unspecified atom stereocenters. The fourth-order valence-electron chi connectivity index (χ4n) is 2.95. The number of nitrogens with zero attached hydrogens (tertiary/aromatic N) is 4. The molecule has 1 N–H and O–H groups in total. The van der Waals surface area contributed by atoms with Gasteiger partial charge >= 0.3 is 0 Å². The van der Waals surface area contributed by atoms with Crippen LogP contribution in [-0.2, 0) is 11.3 Å². The Bertz CT molecular complexity index is 1250. The number of carbonyl (C=O) groups is 1. The van der Waals surface area contributed by atoms with Gasteiger partial charge in [0, 0.05) is 29.0 Å². The number of rotatable bonds is 5. The lowest BCUT2D eigenvalue weighted by molar-refractivity contribution is 0.102. The molecule has 4 aromatic rings. The Hall–Kier alpha value is -3.40. The fourth-order valence-corrected chi connectivity index (χ4v) is 3.74. The maximum Gasteiger partial charge on any atom is 0.259 e. The number of carbonyl (C=O) groups excluding carboxylic acids is 1. The molecule has 30 heavy (non-hydrogen) atoms. The highest BCUT2D eigenvalue weighted by molar-refractivity contribution is 7.81. The van der Waals surface area contributed by atoms with Crippen LogP contribution >= 0.6 is 11.6 Å². The van der Waals surface area contributed by atoms with Crippen molar-refractivity contribution in [3.8, 4) is 0 Å². The van der Waals surface area contributed by atoms with Crippen molar-refractivity contribution in [2.24, 2.45) is 0 Å². The second kappa shape index (κ2) is 8.54. The van der Waals surface area contributed by atoms with Crippen LogP contribution in [0.3, 0.4) is 0 Å². The molecular formula is C20H13ClN5O3S-. The number of aromatic nitrogens is 3. The fraction of sp³-hybridized carbons (Fsp3) is 0. The summed E-state index contributed by atoms with van der Waals surface area (Å²) in [6.07, 6.45) is 5.85. The van der Waals surface area contributed by atoms with Crippen molar-refractivity contribution >= 4 is 56.9 Å². The first kappa shape index (κ1) is 19.9. The molecule has 4 rings (SSSR count). The monoisotopic (exact) mass is 438 g/mol. The molecule has 2 aromatic heterocycles. The molecule has 0 radical (unpaired) electrons. The van der Waals surface area contributed by atoms with Crippen molar-refractivity contribution in [2.45, 2.75) is 0 Å². The molecule has 0 saturated carbocycles. The Morgan fingerprint density at radius 1 is 1.03 bits per heavy atom. The first-order valence-electron chi connectivity index (χ1n) is 8.65. The van der Waals surface area contributed by atoms with E-state index in [1.54, 1.807) is 24.4 Å². The van der Waals surface area contributed by atoms with E-state index in [1.165, 1.54) is 36.8 Å². The van der Waals surface area contributed by atoms with E-state index in [4.69, 9.17) is 11.6 Å². The van der Waals surface area contributed by atoms with Crippen molar-refractivity contribution in [3.05, 3.63) is 83.9 Å². The summed E-state index contributed by atoms with van der Waals surface area (Å²) >= 11 is 3.37. The van der Waals surface area contributed by atoms with E-state index in [1.807, 2.05) is 12.1 Å². The summed E-state index contributed by atoms with van der Waals surface area (Å²) in [5, 5.41) is 3.62. The zero-order valence-electron chi connectivity index (χ0n) is 15.2. The Kier molecular flexibility index (Phi) is 5.66. The minimum atomic E-state index is -2.77. The number of fused-ring (bicyclic) bond motifs is 1. The first-order chi connectivity index (χ1) is 14.5. The van der Waals surface area contributed by atoms with E-state index >= 15 is 0 Å². The summed E-state index contributed by atoms with van der Waals surface area (Å²) in [5.74, 6) is -0.337. The predicted octanol–water partition coefficient (Wildman–Crippen LogP) is 3.86. The minimum absolute atomic E-state index is 0.0791. The summed E-state index contributed by atoms with van der Waals surface area (Å²) in [6.45, 7) is 0. The maximum atomic E-state index is 12.9. The molecule has 0 aliphatic rings. The van der Waals surface area contributed by atoms with Gasteiger partial charge in [-0.15, -0.1) is 0 Å². The van der Waals surface area contributed by atoms with Gasteiger partial charge in [-0.2, -0.15) is 0 Å². The van der Waals surface area contributed by atoms with Gasteiger partial charge in [0.1, 0.15) is 0 Å².